The van der Waals surface area contributed by atoms with E-state index in [9.17, 15) is 40.9 Å². The molecule has 0 heterocycles. The molecule has 0 aliphatic heterocycles. The second kappa shape index (κ2) is 26.1. The van der Waals surface area contributed by atoms with Crippen LogP contribution in [0.5, 0.6) is 46.0 Å². The van der Waals surface area contributed by atoms with Crippen LogP contribution in [0.3, 0.4) is 0 Å². The third kappa shape index (κ3) is 12.6. The molecular weight excluding hydrogens is 1090 g/mol. The Morgan fingerprint density at radius 3 is 0.523 bits per heavy atom. The van der Waals surface area contributed by atoms with Crippen LogP contribution in [-0.2, 0) is 25.7 Å². The van der Waals surface area contributed by atoms with Crippen molar-refractivity contribution < 1.29 is 40.9 Å². The van der Waals surface area contributed by atoms with E-state index in [0.29, 0.717) is 68.2 Å². The normalized spacial score (nSPS) is 20.6. The molecule has 8 heteroatoms. The van der Waals surface area contributed by atoms with E-state index in [1.807, 2.05) is 0 Å². The van der Waals surface area contributed by atoms with E-state index in [1.165, 1.54) is 175 Å². The first kappa shape index (κ1) is 59.1. The fraction of sp³-hybridized carbons (Fsp3) is 0.400. The van der Waals surface area contributed by atoms with E-state index in [0.717, 1.165) is 47.9 Å². The van der Waals surface area contributed by atoms with Gasteiger partial charge in [-0.15, -0.1) is 0 Å². The Morgan fingerprint density at radius 2 is 0.364 bits per heavy atom. The zero-order valence-electron chi connectivity index (χ0n) is 51.0. The third-order valence-corrected chi connectivity index (χ3v) is 21.4. The fourth-order valence-electron chi connectivity index (χ4n) is 16.7. The Hall–Kier alpha value is -7.84. The van der Waals surface area contributed by atoms with Crippen LogP contribution in [-0.4, -0.2) is 40.9 Å². The summed E-state index contributed by atoms with van der Waals surface area (Å²) in [7, 11) is 0. The molecule has 0 aromatic heterocycles. The van der Waals surface area contributed by atoms with Gasteiger partial charge in [-0.05, 0) is 118 Å². The maximum atomic E-state index is 12.6. The summed E-state index contributed by atoms with van der Waals surface area (Å²) in [6.45, 7) is 0. The van der Waals surface area contributed by atoms with Gasteiger partial charge >= 0.3 is 0 Å². The molecule has 13 rings (SSSR count). The van der Waals surface area contributed by atoms with Gasteiger partial charge in [0.15, 0.2) is 0 Å². The first-order chi connectivity index (χ1) is 42.9. The number of rotatable bonds is 12. The molecule has 5 aliphatic rings. The molecule has 8 aromatic carbocycles. The van der Waals surface area contributed by atoms with Crippen LogP contribution in [0.1, 0.15) is 241 Å². The Bertz CT molecular complexity index is 3120. The number of fused-ring (bicyclic) bond motifs is 8. The second-order valence-corrected chi connectivity index (χ2v) is 27.4. The fourth-order valence-corrected chi connectivity index (χ4v) is 16.7. The first-order valence-electron chi connectivity index (χ1n) is 33.5. The molecule has 8 bridgehead atoms. The lowest BCUT2D eigenvalue weighted by Gasteiger charge is -2.30. The van der Waals surface area contributed by atoms with E-state index >= 15 is 0 Å². The van der Waals surface area contributed by atoms with Gasteiger partial charge in [0.25, 0.3) is 0 Å². The quantitative estimate of drug-likeness (QED) is 0.0600. The van der Waals surface area contributed by atoms with Gasteiger partial charge in [-0.1, -0.05) is 225 Å². The summed E-state index contributed by atoms with van der Waals surface area (Å²) in [5, 5.41) is 101. The van der Waals surface area contributed by atoms with E-state index in [2.05, 4.69) is 97.1 Å². The SMILES string of the molecule is Oc1cc(O)c2cc1C(c1ccc(CC3CCCCC3)cc1)c1cc(c(O)cc1O)C(c1ccc(CC3CCCCC3)cc1)c1cc(c(O)cc1O)C(c1ccc(CC3CCCCC3)cc1)c1cc(c(O)cc1O)C2c1ccc(CC2CCCCC2)cc1. The zero-order valence-corrected chi connectivity index (χ0v) is 51.0. The number of aromatic hydroxyl groups is 8. The van der Waals surface area contributed by atoms with E-state index in [-0.39, 0.29) is 46.0 Å². The summed E-state index contributed by atoms with van der Waals surface area (Å²) >= 11 is 0. The molecule has 456 valence electrons. The van der Waals surface area contributed by atoms with Gasteiger partial charge in [-0.2, -0.15) is 0 Å². The number of hydrogen-bond acceptors (Lipinski definition) is 8. The van der Waals surface area contributed by atoms with Crippen molar-refractivity contribution in [2.45, 2.75) is 178 Å². The van der Waals surface area contributed by atoms with Crippen molar-refractivity contribution in [1.82, 2.24) is 0 Å². The lowest BCUT2D eigenvalue weighted by Crippen LogP contribution is -2.13. The molecule has 4 saturated carbocycles. The Labute approximate surface area is 520 Å². The highest BCUT2D eigenvalue weighted by Gasteiger charge is 2.36. The minimum Gasteiger partial charge on any atom is -0.507 e. The number of benzene rings is 8. The van der Waals surface area contributed by atoms with Crippen molar-refractivity contribution >= 4 is 0 Å². The molecule has 0 unspecified atom stereocenters. The minimum atomic E-state index is -0.897. The monoisotopic (exact) mass is 1180 g/mol. The van der Waals surface area contributed by atoms with Crippen molar-refractivity contribution in [3.63, 3.8) is 0 Å². The smallest absolute Gasteiger partial charge is 0.123 e. The van der Waals surface area contributed by atoms with Crippen molar-refractivity contribution in [3.8, 4) is 46.0 Å². The Kier molecular flexibility index (Phi) is 17.5. The molecule has 5 aliphatic carbocycles. The first-order valence-corrected chi connectivity index (χ1v) is 33.5. The zero-order chi connectivity index (χ0) is 60.4. The number of phenolic OH excluding ortho intramolecular Hbond substituents is 8. The van der Waals surface area contributed by atoms with Crippen molar-refractivity contribution in [1.29, 1.82) is 0 Å². The predicted molar refractivity (Wildman–Crippen MR) is 350 cm³/mol. The summed E-state index contributed by atoms with van der Waals surface area (Å²) < 4.78 is 0. The highest BCUT2D eigenvalue weighted by Crippen LogP contribution is 2.54. The van der Waals surface area contributed by atoms with E-state index < -0.39 is 23.7 Å². The van der Waals surface area contributed by atoms with Gasteiger partial charge < -0.3 is 40.9 Å². The average molecular weight is 1180 g/mol. The van der Waals surface area contributed by atoms with Crippen LogP contribution in [0, 0.1) is 23.7 Å². The van der Waals surface area contributed by atoms with Crippen LogP contribution < -0.4 is 0 Å². The summed E-state index contributed by atoms with van der Waals surface area (Å²) in [4.78, 5) is 0. The number of phenols is 8. The van der Waals surface area contributed by atoms with Crippen molar-refractivity contribution in [2.24, 2.45) is 23.7 Å². The standard InChI is InChI=1S/C80H88O8/c81-69-45-71(83)63-41-61(69)77(57-29-21-53(22-30-57)37-49-13-5-1-6-14-49)62-42-64(72(84)46-70(62)82)79(59-33-25-55(26-34-59)39-51-17-9-3-10-18-51)66-44-68(76(88)48-74(66)86)80(60-35-27-56(28-36-60)40-52-19-11-4-12-20-52)67-43-65(73(85)47-75(67)87)78(63)58-31-23-54(24-32-58)38-50-15-7-2-8-16-50/h21-36,41-52,77-88H,1-20,37-40H2. The van der Waals surface area contributed by atoms with Gasteiger partial charge in [-0.25, -0.2) is 0 Å². The van der Waals surface area contributed by atoms with Gasteiger partial charge in [0.1, 0.15) is 46.0 Å². The minimum absolute atomic E-state index is 0.220. The molecule has 0 radical (unpaired) electrons. The van der Waals surface area contributed by atoms with Gasteiger partial charge in [0, 0.05) is 92.4 Å². The average Bonchev–Trinajstić information content (AvgIpc) is 0.926. The Balaban J connectivity index is 1.06. The lowest BCUT2D eigenvalue weighted by molar-refractivity contribution is 0.356. The maximum absolute atomic E-state index is 12.6. The summed E-state index contributed by atoms with van der Waals surface area (Å²) in [6, 6.07) is 46.2. The second-order valence-electron chi connectivity index (χ2n) is 27.4. The molecule has 0 atom stereocenters. The highest BCUT2D eigenvalue weighted by molar-refractivity contribution is 5.67. The van der Waals surface area contributed by atoms with E-state index in [1.54, 1.807) is 24.3 Å². The largest absolute Gasteiger partial charge is 0.507 e. The molecule has 0 amide bonds. The van der Waals surface area contributed by atoms with Crippen LogP contribution in [0.2, 0.25) is 0 Å². The highest BCUT2D eigenvalue weighted by atomic mass is 16.3. The van der Waals surface area contributed by atoms with Crippen LogP contribution >= 0.6 is 0 Å². The Morgan fingerprint density at radius 1 is 0.205 bits per heavy atom. The molecule has 88 heavy (non-hydrogen) atoms. The lowest BCUT2D eigenvalue weighted by atomic mass is 9.74. The molecule has 0 spiro atoms. The third-order valence-electron chi connectivity index (χ3n) is 21.4. The number of hydrogen-bond donors (Lipinski definition) is 8. The molecule has 4 fully saturated rings. The predicted octanol–water partition coefficient (Wildman–Crippen LogP) is 18.9. The van der Waals surface area contributed by atoms with Gasteiger partial charge in [0.05, 0.1) is 0 Å². The topological polar surface area (TPSA) is 162 Å². The maximum Gasteiger partial charge on any atom is 0.123 e. The molecule has 8 nitrogen and oxygen atoms in total. The molecule has 0 saturated heterocycles. The molecule has 8 aromatic rings. The summed E-state index contributed by atoms with van der Waals surface area (Å²) in [6.07, 6.45) is 28.2. The molecular formula is C80H88O8. The van der Waals surface area contributed by atoms with Gasteiger partial charge in [-0.3, -0.25) is 0 Å². The van der Waals surface area contributed by atoms with Crippen LogP contribution in [0.4, 0.5) is 0 Å². The van der Waals surface area contributed by atoms with E-state index in [4.69, 9.17) is 0 Å². The van der Waals surface area contributed by atoms with Crippen molar-refractivity contribution in [3.05, 3.63) is 235 Å². The summed E-state index contributed by atoms with van der Waals surface area (Å²) in [5.41, 5.74) is 10.7. The summed E-state index contributed by atoms with van der Waals surface area (Å²) in [5.74, 6) is -2.99. The van der Waals surface area contributed by atoms with Crippen molar-refractivity contribution in [2.75, 3.05) is 0 Å². The van der Waals surface area contributed by atoms with Gasteiger partial charge in [0.2, 0.25) is 0 Å². The molecule has 8 N–H and O–H groups in total. The van der Waals surface area contributed by atoms with Crippen LogP contribution in [0.15, 0.2) is 146 Å². The van der Waals surface area contributed by atoms with Crippen LogP contribution in [0.25, 0.3) is 0 Å².